The maximum absolute atomic E-state index is 6.12. The Labute approximate surface area is 130 Å². The Morgan fingerprint density at radius 1 is 1.26 bits per heavy atom. The van der Waals surface area contributed by atoms with Gasteiger partial charge in [-0.3, -0.25) is 4.40 Å². The second-order valence-corrected chi connectivity index (χ2v) is 5.84. The smallest absolute Gasteiger partial charge is 0.265 e. The maximum Gasteiger partial charge on any atom is 0.265 e. The van der Waals surface area contributed by atoms with Crippen LogP contribution in [0.15, 0.2) is 45.9 Å². The normalized spacial score (nSPS) is 10.9. The van der Waals surface area contributed by atoms with Crippen molar-refractivity contribution in [3.63, 3.8) is 0 Å². The third-order valence-corrected chi connectivity index (χ3v) is 3.59. The summed E-state index contributed by atoms with van der Waals surface area (Å²) in [6.45, 7) is 0. The number of hydrogen-bond donors (Lipinski definition) is 0. The van der Waals surface area contributed by atoms with Crippen LogP contribution < -0.4 is 4.74 Å². The third kappa shape index (κ3) is 2.61. The molecular weight excluding hydrogens is 397 g/mol. The van der Waals surface area contributed by atoms with Gasteiger partial charge < -0.3 is 4.74 Å². The van der Waals surface area contributed by atoms with Gasteiger partial charge in [-0.15, -0.1) is 0 Å². The highest BCUT2D eigenvalue weighted by Gasteiger charge is 2.11. The Hall–Kier alpha value is -1.11. The number of nitrogens with zero attached hydrogens (tertiary/aromatic N) is 3. The molecule has 0 saturated carbocycles. The van der Waals surface area contributed by atoms with Crippen LogP contribution in [0.1, 0.15) is 0 Å². The first kappa shape index (κ1) is 12.9. The molecule has 0 saturated heterocycles. The Morgan fingerprint density at radius 2 is 2.11 bits per heavy atom. The van der Waals surface area contributed by atoms with E-state index in [1.54, 1.807) is 24.5 Å². The molecule has 0 N–H and O–H groups in total. The van der Waals surface area contributed by atoms with Crippen LogP contribution in [0, 0.1) is 0 Å². The number of aromatic nitrogens is 3. The molecule has 1 aromatic carbocycles. The first-order chi connectivity index (χ1) is 9.13. The van der Waals surface area contributed by atoms with Crippen molar-refractivity contribution < 1.29 is 4.74 Å². The lowest BCUT2D eigenvalue weighted by atomic mass is 10.3. The summed E-state index contributed by atoms with van der Waals surface area (Å²) in [5, 5.41) is 0.501. The second-order valence-electron chi connectivity index (χ2n) is 3.70. The fourth-order valence-corrected chi connectivity index (χ4v) is 2.70. The third-order valence-electron chi connectivity index (χ3n) is 2.41. The van der Waals surface area contributed by atoms with E-state index < -0.39 is 0 Å². The van der Waals surface area contributed by atoms with Gasteiger partial charge in [0.1, 0.15) is 10.4 Å². The van der Waals surface area contributed by atoms with Gasteiger partial charge in [-0.1, -0.05) is 27.5 Å². The van der Waals surface area contributed by atoms with Crippen molar-refractivity contribution in [3.05, 3.63) is 50.9 Å². The average Bonchev–Trinajstić information content (AvgIpc) is 2.80. The zero-order valence-electron chi connectivity index (χ0n) is 9.35. The minimum atomic E-state index is 0.392. The number of halogens is 3. The molecule has 0 fully saturated rings. The summed E-state index contributed by atoms with van der Waals surface area (Å²) in [4.78, 5) is 8.48. The maximum atomic E-state index is 6.12. The van der Waals surface area contributed by atoms with Crippen molar-refractivity contribution >= 4 is 49.1 Å². The number of ether oxygens (including phenoxy) is 1. The van der Waals surface area contributed by atoms with E-state index in [4.69, 9.17) is 16.3 Å². The van der Waals surface area contributed by atoms with E-state index in [-0.39, 0.29) is 0 Å². The molecule has 0 unspecified atom stereocenters. The van der Waals surface area contributed by atoms with Gasteiger partial charge in [0.05, 0.1) is 5.02 Å². The number of rotatable bonds is 2. The van der Waals surface area contributed by atoms with Crippen LogP contribution in [0.4, 0.5) is 0 Å². The molecule has 7 heteroatoms. The molecule has 4 nitrogen and oxygen atoms in total. The molecule has 2 heterocycles. The molecule has 2 aromatic heterocycles. The van der Waals surface area contributed by atoms with Crippen LogP contribution in [-0.4, -0.2) is 14.4 Å². The van der Waals surface area contributed by atoms with Gasteiger partial charge in [-0.25, -0.2) is 9.97 Å². The quantitative estimate of drug-likeness (QED) is 0.623. The Kier molecular flexibility index (Phi) is 3.47. The van der Waals surface area contributed by atoms with Crippen LogP contribution >= 0.6 is 43.5 Å². The summed E-state index contributed by atoms with van der Waals surface area (Å²) in [7, 11) is 0. The SMILES string of the molecule is Clc1cc(Br)ccc1Oc1nc(Br)cn2ccnc12. The number of benzene rings is 1. The van der Waals surface area contributed by atoms with E-state index in [0.29, 0.717) is 26.9 Å². The lowest BCUT2D eigenvalue weighted by Crippen LogP contribution is -1.95. The molecule has 0 spiro atoms. The highest BCUT2D eigenvalue weighted by atomic mass is 79.9. The van der Waals surface area contributed by atoms with Crippen molar-refractivity contribution in [2.45, 2.75) is 0 Å². The molecule has 0 bridgehead atoms. The van der Waals surface area contributed by atoms with Crippen molar-refractivity contribution in [3.8, 4) is 11.6 Å². The largest absolute Gasteiger partial charge is 0.434 e. The van der Waals surface area contributed by atoms with Gasteiger partial charge in [-0.05, 0) is 34.1 Å². The van der Waals surface area contributed by atoms with E-state index in [1.165, 1.54) is 0 Å². The predicted molar refractivity (Wildman–Crippen MR) is 79.9 cm³/mol. The minimum Gasteiger partial charge on any atom is -0.434 e. The molecular formula is C12H6Br2ClN3O. The van der Waals surface area contributed by atoms with Gasteiger partial charge in [0.25, 0.3) is 5.88 Å². The summed E-state index contributed by atoms with van der Waals surface area (Å²) < 4.78 is 9.10. The molecule has 96 valence electrons. The van der Waals surface area contributed by atoms with Crippen LogP contribution in [-0.2, 0) is 0 Å². The van der Waals surface area contributed by atoms with Gasteiger partial charge in [0, 0.05) is 23.1 Å². The van der Waals surface area contributed by atoms with Crippen LogP contribution in [0.3, 0.4) is 0 Å². The number of hydrogen-bond acceptors (Lipinski definition) is 3. The summed E-state index contributed by atoms with van der Waals surface area (Å²) in [5.41, 5.74) is 0.627. The fraction of sp³-hybridized carbons (Fsp3) is 0. The van der Waals surface area contributed by atoms with Gasteiger partial charge >= 0.3 is 0 Å². The van der Waals surface area contributed by atoms with Crippen LogP contribution in [0.25, 0.3) is 5.65 Å². The molecule has 0 aliphatic rings. The fourth-order valence-electron chi connectivity index (χ4n) is 1.60. The van der Waals surface area contributed by atoms with Crippen molar-refractivity contribution in [2.24, 2.45) is 0 Å². The molecule has 0 aliphatic carbocycles. The van der Waals surface area contributed by atoms with Crippen LogP contribution in [0.2, 0.25) is 5.02 Å². The van der Waals surface area contributed by atoms with Crippen molar-refractivity contribution in [1.29, 1.82) is 0 Å². The summed E-state index contributed by atoms with van der Waals surface area (Å²) in [6.07, 6.45) is 5.30. The monoisotopic (exact) mass is 401 g/mol. The van der Waals surface area contributed by atoms with Crippen LogP contribution in [0.5, 0.6) is 11.6 Å². The van der Waals surface area contributed by atoms with Crippen molar-refractivity contribution in [1.82, 2.24) is 14.4 Å². The van der Waals surface area contributed by atoms with E-state index >= 15 is 0 Å². The number of fused-ring (bicyclic) bond motifs is 1. The topological polar surface area (TPSA) is 39.4 Å². The Morgan fingerprint density at radius 3 is 2.89 bits per heavy atom. The highest BCUT2D eigenvalue weighted by Crippen LogP contribution is 2.32. The lowest BCUT2D eigenvalue weighted by Gasteiger charge is -2.08. The number of imidazole rings is 1. The van der Waals surface area contributed by atoms with E-state index in [1.807, 2.05) is 16.7 Å². The van der Waals surface area contributed by atoms with Crippen molar-refractivity contribution in [2.75, 3.05) is 0 Å². The van der Waals surface area contributed by atoms with Gasteiger partial charge in [0.15, 0.2) is 0 Å². The molecule has 3 rings (SSSR count). The average molecular weight is 403 g/mol. The molecule has 0 aliphatic heterocycles. The van der Waals surface area contributed by atoms with E-state index in [2.05, 4.69) is 41.8 Å². The summed E-state index contributed by atoms with van der Waals surface area (Å²) in [6, 6.07) is 5.38. The first-order valence-corrected chi connectivity index (χ1v) is 7.22. The molecule has 0 amide bonds. The lowest BCUT2D eigenvalue weighted by molar-refractivity contribution is 0.464. The van der Waals surface area contributed by atoms with E-state index in [0.717, 1.165) is 4.47 Å². The minimum absolute atomic E-state index is 0.392. The first-order valence-electron chi connectivity index (χ1n) is 5.25. The van der Waals surface area contributed by atoms with E-state index in [9.17, 15) is 0 Å². The summed E-state index contributed by atoms with van der Waals surface area (Å²) in [5.74, 6) is 0.920. The zero-order chi connectivity index (χ0) is 13.4. The Bertz CT molecular complexity index is 760. The van der Waals surface area contributed by atoms with Gasteiger partial charge in [0.2, 0.25) is 5.65 Å². The predicted octanol–water partition coefficient (Wildman–Crippen LogP) is 4.70. The summed E-state index contributed by atoms with van der Waals surface area (Å²) >= 11 is 12.8. The molecule has 0 atom stereocenters. The highest BCUT2D eigenvalue weighted by molar-refractivity contribution is 9.10. The molecule has 3 aromatic rings. The van der Waals surface area contributed by atoms with Gasteiger partial charge in [-0.2, -0.15) is 0 Å². The Balaban J connectivity index is 2.07. The standard InChI is InChI=1S/C12H6Br2ClN3O/c13-7-1-2-9(8(15)5-7)19-12-11-16-3-4-18(11)6-10(14)17-12/h1-6H. The molecule has 0 radical (unpaired) electrons. The zero-order valence-corrected chi connectivity index (χ0v) is 13.3. The molecule has 19 heavy (non-hydrogen) atoms. The second kappa shape index (κ2) is 5.11.